The molecule has 16 heavy (non-hydrogen) atoms. The molecule has 1 aromatic heterocycles. The third-order valence-corrected chi connectivity index (χ3v) is 4.18. The number of ether oxygens (including phenoxy) is 1. The SMILES string of the molecule is O=c1[nH]c(C2CCOCC2)nc2c1CSC2. The molecule has 0 aromatic carbocycles. The zero-order chi connectivity index (χ0) is 11.0. The number of rotatable bonds is 1. The number of thioether (sulfide) groups is 1. The molecule has 4 nitrogen and oxygen atoms in total. The van der Waals surface area contributed by atoms with E-state index in [1.165, 1.54) is 0 Å². The van der Waals surface area contributed by atoms with Crippen molar-refractivity contribution in [2.75, 3.05) is 13.2 Å². The highest BCUT2D eigenvalue weighted by atomic mass is 32.2. The molecule has 3 rings (SSSR count). The maximum Gasteiger partial charge on any atom is 0.255 e. The number of hydrogen-bond donors (Lipinski definition) is 1. The Morgan fingerprint density at radius 2 is 2.12 bits per heavy atom. The van der Waals surface area contributed by atoms with Crippen LogP contribution in [0, 0.1) is 0 Å². The quantitative estimate of drug-likeness (QED) is 0.803. The van der Waals surface area contributed by atoms with E-state index in [4.69, 9.17) is 4.74 Å². The number of nitrogens with zero attached hydrogens (tertiary/aromatic N) is 1. The van der Waals surface area contributed by atoms with Crippen LogP contribution in [0.4, 0.5) is 0 Å². The standard InChI is InChI=1S/C11H14N2O2S/c14-11-8-5-16-6-9(8)12-10(13-11)7-1-3-15-4-2-7/h7H,1-6H2,(H,12,13,14). The number of aromatic nitrogens is 2. The second kappa shape index (κ2) is 4.22. The van der Waals surface area contributed by atoms with E-state index in [2.05, 4.69) is 9.97 Å². The third-order valence-electron chi connectivity index (χ3n) is 3.21. The lowest BCUT2D eigenvalue weighted by Gasteiger charge is -2.21. The fourth-order valence-corrected chi connectivity index (χ4v) is 3.28. The van der Waals surface area contributed by atoms with Gasteiger partial charge in [-0.2, -0.15) is 11.8 Å². The lowest BCUT2D eigenvalue weighted by molar-refractivity contribution is 0.0835. The minimum atomic E-state index is 0.0662. The van der Waals surface area contributed by atoms with Gasteiger partial charge in [0.1, 0.15) is 5.82 Å². The average molecular weight is 238 g/mol. The average Bonchev–Trinajstić information content (AvgIpc) is 2.79. The maximum absolute atomic E-state index is 11.8. The molecule has 3 heterocycles. The van der Waals surface area contributed by atoms with Crippen molar-refractivity contribution in [3.05, 3.63) is 27.4 Å². The minimum absolute atomic E-state index is 0.0662. The molecule has 0 saturated carbocycles. The van der Waals surface area contributed by atoms with Gasteiger partial charge in [-0.1, -0.05) is 0 Å². The maximum atomic E-state index is 11.8. The van der Waals surface area contributed by atoms with Crippen molar-refractivity contribution in [1.82, 2.24) is 9.97 Å². The van der Waals surface area contributed by atoms with Crippen molar-refractivity contribution in [1.29, 1.82) is 0 Å². The summed E-state index contributed by atoms with van der Waals surface area (Å²) in [5.41, 5.74) is 1.94. The highest BCUT2D eigenvalue weighted by Crippen LogP contribution is 2.28. The monoisotopic (exact) mass is 238 g/mol. The first-order valence-corrected chi connectivity index (χ1v) is 6.77. The van der Waals surface area contributed by atoms with Gasteiger partial charge < -0.3 is 9.72 Å². The van der Waals surface area contributed by atoms with Crippen LogP contribution >= 0.6 is 11.8 Å². The summed E-state index contributed by atoms with van der Waals surface area (Å²) in [6.07, 6.45) is 1.93. The number of nitrogens with one attached hydrogen (secondary N) is 1. The molecule has 5 heteroatoms. The van der Waals surface area contributed by atoms with E-state index in [9.17, 15) is 4.79 Å². The normalized spacial score (nSPS) is 21.0. The molecule has 0 unspecified atom stereocenters. The van der Waals surface area contributed by atoms with E-state index < -0.39 is 0 Å². The Kier molecular flexibility index (Phi) is 2.73. The molecule has 0 aliphatic carbocycles. The van der Waals surface area contributed by atoms with Crippen LogP contribution in [0.1, 0.15) is 35.8 Å². The zero-order valence-electron chi connectivity index (χ0n) is 8.99. The predicted octanol–water partition coefficient (Wildman–Crippen LogP) is 1.41. The van der Waals surface area contributed by atoms with Crippen molar-refractivity contribution in [3.63, 3.8) is 0 Å². The van der Waals surface area contributed by atoms with Gasteiger partial charge in [-0.05, 0) is 12.8 Å². The molecule has 1 N–H and O–H groups in total. The molecule has 0 spiro atoms. The van der Waals surface area contributed by atoms with E-state index in [0.29, 0.717) is 5.92 Å². The Labute approximate surface area is 97.8 Å². The van der Waals surface area contributed by atoms with Gasteiger partial charge in [0.25, 0.3) is 5.56 Å². The number of fused-ring (bicyclic) bond motifs is 1. The van der Waals surface area contributed by atoms with E-state index in [1.807, 2.05) is 0 Å². The predicted molar refractivity (Wildman–Crippen MR) is 62.7 cm³/mol. The van der Waals surface area contributed by atoms with Crippen molar-refractivity contribution >= 4 is 11.8 Å². The summed E-state index contributed by atoms with van der Waals surface area (Å²) >= 11 is 1.77. The molecular formula is C11H14N2O2S. The fourth-order valence-electron chi connectivity index (χ4n) is 2.25. The lowest BCUT2D eigenvalue weighted by Crippen LogP contribution is -2.22. The van der Waals surface area contributed by atoms with E-state index in [-0.39, 0.29) is 5.56 Å². The molecule has 2 aliphatic rings. The van der Waals surface area contributed by atoms with Crippen molar-refractivity contribution in [3.8, 4) is 0 Å². The number of aromatic amines is 1. The number of H-pyrrole nitrogens is 1. The van der Waals surface area contributed by atoms with Gasteiger partial charge in [0.15, 0.2) is 0 Å². The second-order valence-electron chi connectivity index (χ2n) is 4.26. The van der Waals surface area contributed by atoms with Gasteiger partial charge in [0.05, 0.1) is 5.69 Å². The molecule has 0 amide bonds. The molecule has 1 saturated heterocycles. The molecule has 0 radical (unpaired) electrons. The van der Waals surface area contributed by atoms with Crippen LogP contribution in [-0.2, 0) is 16.2 Å². The summed E-state index contributed by atoms with van der Waals surface area (Å²) in [7, 11) is 0. The van der Waals surface area contributed by atoms with Crippen molar-refractivity contribution in [2.24, 2.45) is 0 Å². The second-order valence-corrected chi connectivity index (χ2v) is 5.24. The van der Waals surface area contributed by atoms with Crippen molar-refractivity contribution in [2.45, 2.75) is 30.3 Å². The smallest absolute Gasteiger partial charge is 0.255 e. The molecule has 1 aromatic rings. The van der Waals surface area contributed by atoms with Crippen LogP contribution in [-0.4, -0.2) is 23.2 Å². The van der Waals surface area contributed by atoms with Gasteiger partial charge in [-0.15, -0.1) is 0 Å². The first kappa shape index (κ1) is 10.4. The Morgan fingerprint density at radius 1 is 1.31 bits per heavy atom. The first-order valence-electron chi connectivity index (χ1n) is 5.62. The van der Waals surface area contributed by atoms with Crippen LogP contribution in [0.25, 0.3) is 0 Å². The largest absolute Gasteiger partial charge is 0.381 e. The number of hydrogen-bond acceptors (Lipinski definition) is 4. The molecular weight excluding hydrogens is 224 g/mol. The summed E-state index contributed by atoms with van der Waals surface area (Å²) in [5.74, 6) is 2.94. The zero-order valence-corrected chi connectivity index (χ0v) is 9.81. The Morgan fingerprint density at radius 3 is 2.94 bits per heavy atom. The van der Waals surface area contributed by atoms with Crippen LogP contribution in [0.3, 0.4) is 0 Å². The summed E-state index contributed by atoms with van der Waals surface area (Å²) in [5, 5.41) is 0. The highest BCUT2D eigenvalue weighted by Gasteiger charge is 2.22. The van der Waals surface area contributed by atoms with Crippen LogP contribution in [0.5, 0.6) is 0 Å². The lowest BCUT2D eigenvalue weighted by atomic mass is 9.99. The molecule has 0 bridgehead atoms. The topological polar surface area (TPSA) is 55.0 Å². The summed E-state index contributed by atoms with van der Waals surface area (Å²) in [4.78, 5) is 19.4. The minimum Gasteiger partial charge on any atom is -0.381 e. The molecule has 2 aliphatic heterocycles. The van der Waals surface area contributed by atoms with E-state index in [0.717, 1.165) is 54.6 Å². The van der Waals surface area contributed by atoms with Crippen LogP contribution in [0.15, 0.2) is 4.79 Å². The Balaban J connectivity index is 1.96. The van der Waals surface area contributed by atoms with Crippen molar-refractivity contribution < 1.29 is 4.74 Å². The Bertz CT molecular complexity index is 452. The van der Waals surface area contributed by atoms with Crippen LogP contribution in [0.2, 0.25) is 0 Å². The highest BCUT2D eigenvalue weighted by molar-refractivity contribution is 7.98. The van der Waals surface area contributed by atoms with Gasteiger partial charge >= 0.3 is 0 Å². The summed E-state index contributed by atoms with van der Waals surface area (Å²) in [6.45, 7) is 1.56. The fraction of sp³-hybridized carbons (Fsp3) is 0.636. The molecule has 0 atom stereocenters. The van der Waals surface area contributed by atoms with Crippen LogP contribution < -0.4 is 5.56 Å². The molecule has 86 valence electrons. The first-order chi connectivity index (χ1) is 7.84. The summed E-state index contributed by atoms with van der Waals surface area (Å²) < 4.78 is 5.32. The Hall–Kier alpha value is -0.810. The molecule has 1 fully saturated rings. The van der Waals surface area contributed by atoms with Gasteiger partial charge in [0, 0.05) is 36.2 Å². The van der Waals surface area contributed by atoms with Gasteiger partial charge in [-0.3, -0.25) is 4.79 Å². The van der Waals surface area contributed by atoms with Gasteiger partial charge in [0.2, 0.25) is 0 Å². The van der Waals surface area contributed by atoms with E-state index in [1.54, 1.807) is 11.8 Å². The van der Waals surface area contributed by atoms with Gasteiger partial charge in [-0.25, -0.2) is 4.98 Å². The third kappa shape index (κ3) is 1.78. The summed E-state index contributed by atoms with van der Waals surface area (Å²) in [6, 6.07) is 0. The van der Waals surface area contributed by atoms with E-state index >= 15 is 0 Å².